The molecule has 62 valence electrons. The van der Waals surface area contributed by atoms with Gasteiger partial charge < -0.3 is 14.7 Å². The molecule has 0 aliphatic rings. The lowest BCUT2D eigenvalue weighted by atomic mass is 10.1. The van der Waals surface area contributed by atoms with Crippen LogP contribution in [0.15, 0.2) is 10.6 Å². The van der Waals surface area contributed by atoms with E-state index in [-0.39, 0.29) is 12.2 Å². The fourth-order valence-corrected chi connectivity index (χ4v) is 0.727. The van der Waals surface area contributed by atoms with Gasteiger partial charge in [0.05, 0.1) is 5.69 Å². The fraction of sp³-hybridized carbons (Fsp3) is 0.571. The Kier molecular flexibility index (Phi) is 1.97. The molecule has 0 aliphatic heterocycles. The molecule has 4 nitrogen and oxygen atoms in total. The largest absolute Gasteiger partial charge is 0.360 e. The minimum Gasteiger partial charge on any atom is -0.360 e. The average molecular weight is 157 g/mol. The van der Waals surface area contributed by atoms with E-state index in [1.807, 2.05) is 0 Å². The third kappa shape index (κ3) is 1.58. The van der Waals surface area contributed by atoms with Crippen molar-refractivity contribution in [2.24, 2.45) is 0 Å². The summed E-state index contributed by atoms with van der Waals surface area (Å²) in [7, 11) is 0. The topological polar surface area (TPSA) is 66.5 Å². The molecule has 0 unspecified atom stereocenters. The number of aromatic nitrogens is 1. The molecular weight excluding hydrogens is 146 g/mol. The molecule has 0 spiro atoms. The molecule has 11 heavy (non-hydrogen) atoms. The first-order chi connectivity index (χ1) is 5.06. The lowest BCUT2D eigenvalue weighted by molar-refractivity contribution is -0.186. The maximum absolute atomic E-state index is 9.23. The minimum absolute atomic E-state index is 0.0949. The van der Waals surface area contributed by atoms with Gasteiger partial charge in [0.15, 0.2) is 5.76 Å². The van der Waals surface area contributed by atoms with Crippen molar-refractivity contribution in [3.05, 3.63) is 17.5 Å². The van der Waals surface area contributed by atoms with E-state index in [2.05, 4.69) is 9.68 Å². The highest BCUT2D eigenvalue weighted by Crippen LogP contribution is 2.21. The van der Waals surface area contributed by atoms with Crippen LogP contribution in [0.25, 0.3) is 0 Å². The van der Waals surface area contributed by atoms with Gasteiger partial charge >= 0.3 is 0 Å². The Balaban J connectivity index is 2.92. The van der Waals surface area contributed by atoms with Crippen molar-refractivity contribution in [1.29, 1.82) is 0 Å². The van der Waals surface area contributed by atoms with E-state index in [1.165, 1.54) is 6.07 Å². The molecular formula is C7H11NO3. The van der Waals surface area contributed by atoms with Gasteiger partial charge in [-0.3, -0.25) is 0 Å². The van der Waals surface area contributed by atoms with Crippen molar-refractivity contribution in [2.45, 2.75) is 26.1 Å². The molecule has 0 saturated heterocycles. The maximum atomic E-state index is 9.23. The number of hydrogen-bond acceptors (Lipinski definition) is 4. The Morgan fingerprint density at radius 3 is 2.64 bits per heavy atom. The minimum atomic E-state index is -1.87. The highest BCUT2D eigenvalue weighted by atomic mass is 16.5. The van der Waals surface area contributed by atoms with Crippen molar-refractivity contribution in [2.75, 3.05) is 0 Å². The van der Waals surface area contributed by atoms with Crippen molar-refractivity contribution < 1.29 is 14.7 Å². The van der Waals surface area contributed by atoms with Gasteiger partial charge in [-0.2, -0.15) is 0 Å². The van der Waals surface area contributed by atoms with Crippen LogP contribution in [0.1, 0.15) is 24.8 Å². The van der Waals surface area contributed by atoms with Gasteiger partial charge in [-0.25, -0.2) is 0 Å². The first-order valence-corrected chi connectivity index (χ1v) is 3.45. The predicted octanol–water partition coefficient (Wildman–Crippen LogP) is 0.530. The third-order valence-electron chi connectivity index (χ3n) is 1.52. The number of aryl methyl sites for hydroxylation is 1. The molecule has 0 aromatic carbocycles. The Bertz CT molecular complexity index is 242. The molecule has 1 aromatic heterocycles. The monoisotopic (exact) mass is 157 g/mol. The van der Waals surface area contributed by atoms with E-state index in [1.54, 1.807) is 13.8 Å². The fourth-order valence-electron chi connectivity index (χ4n) is 0.727. The number of rotatable bonds is 2. The second-order valence-electron chi connectivity index (χ2n) is 2.50. The van der Waals surface area contributed by atoms with Crippen LogP contribution in [0.2, 0.25) is 0 Å². The summed E-state index contributed by atoms with van der Waals surface area (Å²) in [5.41, 5.74) is 0.640. The van der Waals surface area contributed by atoms with E-state index in [9.17, 15) is 10.2 Å². The first-order valence-electron chi connectivity index (χ1n) is 3.45. The van der Waals surface area contributed by atoms with Crippen LogP contribution in [0.3, 0.4) is 0 Å². The number of aliphatic hydroxyl groups is 2. The highest BCUT2D eigenvalue weighted by Gasteiger charge is 2.27. The van der Waals surface area contributed by atoms with Crippen molar-refractivity contribution in [3.8, 4) is 0 Å². The summed E-state index contributed by atoms with van der Waals surface area (Å²) in [6.45, 7) is 3.37. The van der Waals surface area contributed by atoms with Gasteiger partial charge in [-0.15, -0.1) is 0 Å². The van der Waals surface area contributed by atoms with E-state index >= 15 is 0 Å². The normalized spacial score (nSPS) is 12.0. The van der Waals surface area contributed by atoms with E-state index in [0.717, 1.165) is 0 Å². The van der Waals surface area contributed by atoms with Crippen molar-refractivity contribution >= 4 is 0 Å². The predicted molar refractivity (Wildman–Crippen MR) is 37.6 cm³/mol. The third-order valence-corrected chi connectivity index (χ3v) is 1.52. The standard InChI is InChI=1S/C7H11NO3/c1-3-7(9,10)6-4-5(2)8-11-6/h4,9-10H,3H2,1-2H3. The zero-order valence-electron chi connectivity index (χ0n) is 6.53. The maximum Gasteiger partial charge on any atom is 0.226 e. The summed E-state index contributed by atoms with van der Waals surface area (Å²) in [6.07, 6.45) is 0.182. The molecule has 2 N–H and O–H groups in total. The van der Waals surface area contributed by atoms with Gasteiger partial charge in [-0.1, -0.05) is 12.1 Å². The summed E-state index contributed by atoms with van der Waals surface area (Å²) in [4.78, 5) is 0. The SMILES string of the molecule is CCC(O)(O)c1cc(C)no1. The Morgan fingerprint density at radius 1 is 1.64 bits per heavy atom. The smallest absolute Gasteiger partial charge is 0.226 e. The van der Waals surface area contributed by atoms with Crippen LogP contribution >= 0.6 is 0 Å². The lowest BCUT2D eigenvalue weighted by Crippen LogP contribution is -2.22. The van der Waals surface area contributed by atoms with E-state index in [4.69, 9.17) is 0 Å². The first kappa shape index (κ1) is 8.23. The summed E-state index contributed by atoms with van der Waals surface area (Å²) in [5.74, 6) is -1.78. The quantitative estimate of drug-likeness (QED) is 0.614. The molecule has 1 aromatic rings. The number of nitrogens with zero attached hydrogens (tertiary/aromatic N) is 1. The zero-order valence-corrected chi connectivity index (χ0v) is 6.53. The molecule has 1 rings (SSSR count). The Hall–Kier alpha value is -0.870. The molecule has 0 bridgehead atoms. The molecule has 0 aliphatic carbocycles. The molecule has 0 fully saturated rings. The van der Waals surface area contributed by atoms with Gasteiger partial charge in [-0.05, 0) is 6.92 Å². The van der Waals surface area contributed by atoms with Gasteiger partial charge in [0.2, 0.25) is 5.79 Å². The van der Waals surface area contributed by atoms with Gasteiger partial charge in [0.1, 0.15) is 0 Å². The Labute approximate surface area is 64.4 Å². The van der Waals surface area contributed by atoms with Gasteiger partial charge in [0, 0.05) is 12.5 Å². The van der Waals surface area contributed by atoms with Crippen LogP contribution < -0.4 is 0 Å². The van der Waals surface area contributed by atoms with Gasteiger partial charge in [0.25, 0.3) is 0 Å². The van der Waals surface area contributed by atoms with E-state index < -0.39 is 5.79 Å². The summed E-state index contributed by atoms with van der Waals surface area (Å²) < 4.78 is 4.67. The summed E-state index contributed by atoms with van der Waals surface area (Å²) >= 11 is 0. The molecule has 4 heteroatoms. The van der Waals surface area contributed by atoms with Crippen LogP contribution in [0, 0.1) is 6.92 Å². The zero-order chi connectivity index (χ0) is 8.48. The molecule has 0 amide bonds. The van der Waals surface area contributed by atoms with Crippen LogP contribution in [0.5, 0.6) is 0 Å². The Morgan fingerprint density at radius 2 is 2.27 bits per heavy atom. The molecule has 0 radical (unpaired) electrons. The van der Waals surface area contributed by atoms with Crippen molar-refractivity contribution in [1.82, 2.24) is 5.16 Å². The molecule has 0 atom stereocenters. The van der Waals surface area contributed by atoms with Crippen LogP contribution in [-0.4, -0.2) is 15.4 Å². The number of hydrogen-bond donors (Lipinski definition) is 2. The summed E-state index contributed by atoms with van der Waals surface area (Å²) in [5, 5.41) is 22.0. The second kappa shape index (κ2) is 2.64. The molecule has 1 heterocycles. The van der Waals surface area contributed by atoms with Crippen LogP contribution in [0.4, 0.5) is 0 Å². The lowest BCUT2D eigenvalue weighted by Gasteiger charge is -2.14. The highest BCUT2D eigenvalue weighted by molar-refractivity contribution is 5.07. The summed E-state index contributed by atoms with van der Waals surface area (Å²) in [6, 6.07) is 1.50. The second-order valence-corrected chi connectivity index (χ2v) is 2.50. The van der Waals surface area contributed by atoms with Crippen molar-refractivity contribution in [3.63, 3.8) is 0 Å². The van der Waals surface area contributed by atoms with E-state index in [0.29, 0.717) is 5.69 Å². The molecule has 0 saturated carbocycles. The average Bonchev–Trinajstić information content (AvgIpc) is 2.36. The van der Waals surface area contributed by atoms with Crippen LogP contribution in [-0.2, 0) is 5.79 Å².